The molecule has 0 N–H and O–H groups in total. The normalized spacial score (nSPS) is 15.8. The highest BCUT2D eigenvalue weighted by Gasteiger charge is 2.26. The zero-order valence-electron chi connectivity index (χ0n) is 11.9. The highest BCUT2D eigenvalue weighted by Crippen LogP contribution is 2.24. The predicted molar refractivity (Wildman–Crippen MR) is 77.7 cm³/mol. The highest BCUT2D eigenvalue weighted by molar-refractivity contribution is 5.97. The van der Waals surface area contributed by atoms with Crippen molar-refractivity contribution in [1.82, 2.24) is 9.97 Å². The fourth-order valence-electron chi connectivity index (χ4n) is 2.66. The molecule has 0 radical (unpaired) electrons. The molecule has 1 aliphatic heterocycles. The molecule has 0 saturated carbocycles. The molecule has 2 heterocycles. The van der Waals surface area contributed by atoms with Gasteiger partial charge in [0, 0.05) is 24.6 Å². The van der Waals surface area contributed by atoms with Crippen molar-refractivity contribution >= 4 is 11.7 Å². The Balaban J connectivity index is 1.62. The molecule has 0 amide bonds. The summed E-state index contributed by atoms with van der Waals surface area (Å²) in [5.41, 5.74) is 0.540. The predicted octanol–water partition coefficient (Wildman–Crippen LogP) is 2.85. The maximum atomic E-state index is 12.9. The number of carbonyl (C=O) groups is 1. The first-order valence-corrected chi connectivity index (χ1v) is 7.16. The first-order valence-electron chi connectivity index (χ1n) is 7.16. The minimum Gasteiger partial charge on any atom is -0.341 e. The van der Waals surface area contributed by atoms with Crippen LogP contribution in [0.4, 0.5) is 14.7 Å². The zero-order valence-corrected chi connectivity index (χ0v) is 11.9. The van der Waals surface area contributed by atoms with Crippen molar-refractivity contribution in [3.8, 4) is 0 Å². The van der Waals surface area contributed by atoms with Crippen LogP contribution in [0.1, 0.15) is 23.2 Å². The van der Waals surface area contributed by atoms with E-state index in [-0.39, 0.29) is 17.5 Å². The van der Waals surface area contributed by atoms with Crippen molar-refractivity contribution in [1.29, 1.82) is 0 Å². The van der Waals surface area contributed by atoms with Gasteiger partial charge in [-0.15, -0.1) is 0 Å². The zero-order chi connectivity index (χ0) is 15.5. The molecule has 114 valence electrons. The van der Waals surface area contributed by atoms with Gasteiger partial charge in [0.05, 0.1) is 12.4 Å². The van der Waals surface area contributed by atoms with Crippen LogP contribution in [0.25, 0.3) is 0 Å². The van der Waals surface area contributed by atoms with Crippen molar-refractivity contribution in [3.63, 3.8) is 0 Å². The summed E-state index contributed by atoms with van der Waals surface area (Å²) in [6, 6.07) is 5.64. The number of ketones is 1. The number of rotatable bonds is 3. The Labute approximate surface area is 126 Å². The molecule has 4 nitrogen and oxygen atoms in total. The van der Waals surface area contributed by atoms with Crippen molar-refractivity contribution < 1.29 is 13.6 Å². The van der Waals surface area contributed by atoms with Crippen LogP contribution in [-0.2, 0) is 0 Å². The Hall–Kier alpha value is -2.37. The van der Waals surface area contributed by atoms with Gasteiger partial charge in [-0.1, -0.05) is 0 Å². The van der Waals surface area contributed by atoms with E-state index in [1.165, 1.54) is 24.3 Å². The molecule has 1 aromatic heterocycles. The van der Waals surface area contributed by atoms with Crippen LogP contribution in [0.3, 0.4) is 0 Å². The van der Waals surface area contributed by atoms with Crippen molar-refractivity contribution in [2.45, 2.75) is 12.8 Å². The summed E-state index contributed by atoms with van der Waals surface area (Å²) in [5, 5.41) is 0. The Morgan fingerprint density at radius 1 is 1.00 bits per heavy atom. The Morgan fingerprint density at radius 2 is 1.59 bits per heavy atom. The van der Waals surface area contributed by atoms with E-state index in [4.69, 9.17) is 0 Å². The number of hydrogen-bond acceptors (Lipinski definition) is 4. The van der Waals surface area contributed by atoms with Gasteiger partial charge in [-0.25, -0.2) is 18.7 Å². The van der Waals surface area contributed by atoms with Gasteiger partial charge in [0.15, 0.2) is 11.6 Å². The van der Waals surface area contributed by atoms with Crippen LogP contribution in [0.15, 0.2) is 36.7 Å². The molecule has 0 bridgehead atoms. The van der Waals surface area contributed by atoms with Crippen molar-refractivity contribution in [2.75, 3.05) is 18.0 Å². The minimum atomic E-state index is -0.467. The lowest BCUT2D eigenvalue weighted by atomic mass is 9.89. The van der Waals surface area contributed by atoms with E-state index in [9.17, 15) is 13.6 Å². The molecule has 2 aromatic rings. The Bertz CT molecular complexity index is 650. The third-order valence-electron chi connectivity index (χ3n) is 3.88. The largest absolute Gasteiger partial charge is 0.341 e. The number of piperidine rings is 1. The first-order chi connectivity index (χ1) is 10.6. The molecular weight excluding hydrogens is 288 g/mol. The van der Waals surface area contributed by atoms with E-state index in [0.717, 1.165) is 12.4 Å². The van der Waals surface area contributed by atoms with Crippen molar-refractivity contribution in [2.24, 2.45) is 5.92 Å². The van der Waals surface area contributed by atoms with Crippen LogP contribution >= 0.6 is 0 Å². The van der Waals surface area contributed by atoms with E-state index in [0.29, 0.717) is 37.4 Å². The van der Waals surface area contributed by atoms with E-state index >= 15 is 0 Å². The fraction of sp³-hybridized carbons (Fsp3) is 0.312. The quantitative estimate of drug-likeness (QED) is 0.818. The van der Waals surface area contributed by atoms with Crippen molar-refractivity contribution in [3.05, 3.63) is 53.9 Å². The summed E-state index contributed by atoms with van der Waals surface area (Å²) >= 11 is 0. The van der Waals surface area contributed by atoms with E-state index < -0.39 is 5.82 Å². The minimum absolute atomic E-state index is 0.0414. The molecule has 0 spiro atoms. The molecule has 0 unspecified atom stereocenters. The molecule has 1 aliphatic rings. The summed E-state index contributed by atoms with van der Waals surface area (Å²) in [7, 11) is 0. The second-order valence-corrected chi connectivity index (χ2v) is 5.33. The van der Waals surface area contributed by atoms with Crippen LogP contribution in [0.5, 0.6) is 0 Å². The Kier molecular flexibility index (Phi) is 4.09. The topological polar surface area (TPSA) is 46.1 Å². The van der Waals surface area contributed by atoms with Gasteiger partial charge in [0.2, 0.25) is 5.95 Å². The number of benzene rings is 1. The van der Waals surface area contributed by atoms with Gasteiger partial charge in [-0.3, -0.25) is 4.79 Å². The SMILES string of the molecule is O=C(c1ccc(F)cc1)C1CCN(c2ncc(F)cn2)CC1. The van der Waals surface area contributed by atoms with E-state index in [1.807, 2.05) is 4.90 Å². The van der Waals surface area contributed by atoms with Crippen LogP contribution in [-0.4, -0.2) is 28.8 Å². The summed E-state index contributed by atoms with van der Waals surface area (Å²) in [6.07, 6.45) is 3.63. The molecule has 1 fully saturated rings. The molecule has 6 heteroatoms. The lowest BCUT2D eigenvalue weighted by Crippen LogP contribution is -2.37. The fourth-order valence-corrected chi connectivity index (χ4v) is 2.66. The highest BCUT2D eigenvalue weighted by atomic mass is 19.1. The van der Waals surface area contributed by atoms with Gasteiger partial charge >= 0.3 is 0 Å². The van der Waals surface area contributed by atoms with Gasteiger partial charge in [0.1, 0.15) is 5.82 Å². The molecule has 0 atom stereocenters. The second kappa shape index (κ2) is 6.17. The van der Waals surface area contributed by atoms with E-state index in [2.05, 4.69) is 9.97 Å². The molecule has 0 aliphatic carbocycles. The van der Waals surface area contributed by atoms with Gasteiger partial charge in [-0.05, 0) is 37.1 Å². The monoisotopic (exact) mass is 303 g/mol. The van der Waals surface area contributed by atoms with Gasteiger partial charge < -0.3 is 4.90 Å². The van der Waals surface area contributed by atoms with Crippen LogP contribution in [0.2, 0.25) is 0 Å². The Morgan fingerprint density at radius 3 is 2.18 bits per heavy atom. The smallest absolute Gasteiger partial charge is 0.225 e. The second-order valence-electron chi connectivity index (χ2n) is 5.33. The number of nitrogens with zero attached hydrogens (tertiary/aromatic N) is 3. The molecule has 1 aromatic carbocycles. The van der Waals surface area contributed by atoms with Crippen LogP contribution < -0.4 is 4.90 Å². The average molecular weight is 303 g/mol. The summed E-state index contributed by atoms with van der Waals surface area (Å²) in [6.45, 7) is 1.28. The number of hydrogen-bond donors (Lipinski definition) is 0. The summed E-state index contributed by atoms with van der Waals surface area (Å²) < 4.78 is 25.7. The maximum absolute atomic E-state index is 12.9. The van der Waals surface area contributed by atoms with Gasteiger partial charge in [0.25, 0.3) is 0 Å². The number of carbonyl (C=O) groups excluding carboxylic acids is 1. The number of aromatic nitrogens is 2. The number of anilines is 1. The third-order valence-corrected chi connectivity index (χ3v) is 3.88. The first kappa shape index (κ1) is 14.6. The molecule has 1 saturated heterocycles. The maximum Gasteiger partial charge on any atom is 0.225 e. The lowest BCUT2D eigenvalue weighted by Gasteiger charge is -2.31. The summed E-state index contributed by atoms with van der Waals surface area (Å²) in [4.78, 5) is 22.2. The lowest BCUT2D eigenvalue weighted by molar-refractivity contribution is 0.0900. The standard InChI is InChI=1S/C16H15F2N3O/c17-13-3-1-11(2-4-13)15(22)12-5-7-21(8-6-12)16-19-9-14(18)10-20-16/h1-4,9-10,12H,5-8H2. The molecular formula is C16H15F2N3O. The summed E-state index contributed by atoms with van der Waals surface area (Å²) in [5.74, 6) is -0.374. The number of Topliss-reactive ketones (excluding diaryl/α,β-unsaturated/α-hetero) is 1. The van der Waals surface area contributed by atoms with Gasteiger partial charge in [-0.2, -0.15) is 0 Å². The van der Waals surface area contributed by atoms with Crippen LogP contribution in [0, 0.1) is 17.6 Å². The third kappa shape index (κ3) is 3.10. The van der Waals surface area contributed by atoms with E-state index in [1.54, 1.807) is 0 Å². The molecule has 22 heavy (non-hydrogen) atoms. The number of halogens is 2. The molecule has 3 rings (SSSR count). The average Bonchev–Trinajstić information content (AvgIpc) is 2.56.